The number of oxime groups is 1. The Morgan fingerprint density at radius 1 is 1.06 bits per heavy atom. The van der Waals surface area contributed by atoms with Crippen molar-refractivity contribution in [3.8, 4) is 5.75 Å². The Balaban J connectivity index is 1.58. The summed E-state index contributed by atoms with van der Waals surface area (Å²) in [7, 11) is 1.57. The molecular weight excluding hydrogens is 440 g/mol. The summed E-state index contributed by atoms with van der Waals surface area (Å²) < 4.78 is 5.12. The van der Waals surface area contributed by atoms with E-state index in [-0.39, 0.29) is 16.7 Å². The van der Waals surface area contributed by atoms with Crippen LogP contribution in [0.2, 0.25) is 5.02 Å². The van der Waals surface area contributed by atoms with Crippen molar-refractivity contribution in [1.29, 1.82) is 0 Å². The van der Waals surface area contributed by atoms with Crippen molar-refractivity contribution >= 4 is 34.9 Å². The Kier molecular flexibility index (Phi) is 5.77. The molecule has 0 aliphatic heterocycles. The summed E-state index contributed by atoms with van der Waals surface area (Å²) in [5, 5.41) is 7.97. The van der Waals surface area contributed by atoms with Crippen LogP contribution in [0.4, 0.5) is 5.69 Å². The standard InChI is InChI=1S/C26H29ClN2O4/c1-16-6-9-18(27)14-20(16)28-23(31)26-13-12-25(4,24(26,2)3)21(15-26)29-33-22(30)17-7-10-19(32-5)11-8-17/h6-11,14H,12-13,15H2,1-5H3,(H,28,31)/b29-21-. The number of halogens is 1. The highest BCUT2D eigenvalue weighted by molar-refractivity contribution is 6.31. The van der Waals surface area contributed by atoms with Crippen molar-refractivity contribution in [2.45, 2.75) is 47.0 Å². The number of carbonyl (C=O) groups excluding carboxylic acids is 2. The lowest BCUT2D eigenvalue weighted by atomic mass is 9.64. The van der Waals surface area contributed by atoms with Gasteiger partial charge in [-0.25, -0.2) is 4.79 Å². The molecule has 0 radical (unpaired) electrons. The number of ether oxygens (including phenoxy) is 1. The lowest BCUT2D eigenvalue weighted by Gasteiger charge is -2.39. The Hall–Kier alpha value is -2.86. The maximum absolute atomic E-state index is 13.7. The summed E-state index contributed by atoms with van der Waals surface area (Å²) in [6.07, 6.45) is 1.98. The first-order valence-electron chi connectivity index (χ1n) is 11.0. The molecule has 6 nitrogen and oxygen atoms in total. The van der Waals surface area contributed by atoms with E-state index in [4.69, 9.17) is 21.2 Å². The Morgan fingerprint density at radius 3 is 2.42 bits per heavy atom. The van der Waals surface area contributed by atoms with E-state index in [1.54, 1.807) is 43.5 Å². The van der Waals surface area contributed by atoms with Crippen LogP contribution in [0.5, 0.6) is 5.75 Å². The normalized spacial score (nSPS) is 26.3. The smallest absolute Gasteiger partial charge is 0.365 e. The molecule has 4 rings (SSSR count). The van der Waals surface area contributed by atoms with Gasteiger partial charge in [-0.3, -0.25) is 4.79 Å². The highest BCUT2D eigenvalue weighted by atomic mass is 35.5. The third-order valence-electron chi connectivity index (χ3n) is 8.18. The summed E-state index contributed by atoms with van der Waals surface area (Å²) in [4.78, 5) is 31.5. The molecule has 2 aromatic carbocycles. The summed E-state index contributed by atoms with van der Waals surface area (Å²) in [6, 6.07) is 12.1. The van der Waals surface area contributed by atoms with Crippen LogP contribution in [0.15, 0.2) is 47.6 Å². The number of benzene rings is 2. The van der Waals surface area contributed by atoms with E-state index in [0.29, 0.717) is 28.4 Å². The maximum Gasteiger partial charge on any atom is 0.365 e. The summed E-state index contributed by atoms with van der Waals surface area (Å²) in [5.41, 5.74) is 1.42. The summed E-state index contributed by atoms with van der Waals surface area (Å²) >= 11 is 6.15. The van der Waals surface area contributed by atoms with Gasteiger partial charge in [0.25, 0.3) is 0 Å². The number of amides is 1. The number of hydrogen-bond acceptors (Lipinski definition) is 5. The van der Waals surface area contributed by atoms with Gasteiger partial charge in [-0.1, -0.05) is 43.6 Å². The van der Waals surface area contributed by atoms with E-state index in [9.17, 15) is 9.59 Å². The molecule has 174 valence electrons. The third-order valence-corrected chi connectivity index (χ3v) is 8.42. The van der Waals surface area contributed by atoms with Gasteiger partial charge in [0, 0.05) is 22.5 Å². The number of nitrogens with one attached hydrogen (secondary N) is 1. The first-order chi connectivity index (χ1) is 15.5. The molecule has 2 fully saturated rings. The van der Waals surface area contributed by atoms with Gasteiger partial charge in [0.1, 0.15) is 5.75 Å². The van der Waals surface area contributed by atoms with Crippen molar-refractivity contribution < 1.29 is 19.2 Å². The van der Waals surface area contributed by atoms with E-state index >= 15 is 0 Å². The van der Waals surface area contributed by atoms with Crippen LogP contribution in [0, 0.1) is 23.2 Å². The number of carbonyl (C=O) groups is 2. The molecule has 2 atom stereocenters. The molecule has 0 heterocycles. The second-order valence-corrected chi connectivity index (χ2v) is 10.2. The van der Waals surface area contributed by atoms with Crippen LogP contribution in [0.1, 0.15) is 56.0 Å². The number of hydrogen-bond donors (Lipinski definition) is 1. The zero-order chi connectivity index (χ0) is 24.0. The summed E-state index contributed by atoms with van der Waals surface area (Å²) in [6.45, 7) is 8.27. The van der Waals surface area contributed by atoms with Gasteiger partial charge in [-0.05, 0) is 67.1 Å². The van der Waals surface area contributed by atoms with E-state index in [0.717, 1.165) is 24.1 Å². The minimum absolute atomic E-state index is 0.0479. The van der Waals surface area contributed by atoms with E-state index in [1.807, 2.05) is 13.0 Å². The Bertz CT molecular complexity index is 1140. The fourth-order valence-corrected chi connectivity index (χ4v) is 5.54. The molecule has 0 spiro atoms. The number of aryl methyl sites for hydroxylation is 1. The molecule has 33 heavy (non-hydrogen) atoms. The largest absolute Gasteiger partial charge is 0.497 e. The zero-order valence-electron chi connectivity index (χ0n) is 19.6. The van der Waals surface area contributed by atoms with E-state index < -0.39 is 11.4 Å². The Labute approximate surface area is 199 Å². The van der Waals surface area contributed by atoms with Crippen LogP contribution >= 0.6 is 11.6 Å². The number of anilines is 1. The van der Waals surface area contributed by atoms with Crippen molar-refractivity contribution in [3.05, 3.63) is 58.6 Å². The Morgan fingerprint density at radius 2 is 1.76 bits per heavy atom. The average molecular weight is 469 g/mol. The van der Waals surface area contributed by atoms with Crippen LogP contribution in [-0.4, -0.2) is 24.7 Å². The quantitative estimate of drug-likeness (QED) is 0.429. The van der Waals surface area contributed by atoms with Crippen LogP contribution < -0.4 is 10.1 Å². The third kappa shape index (κ3) is 3.61. The van der Waals surface area contributed by atoms with Gasteiger partial charge in [0.15, 0.2) is 0 Å². The highest BCUT2D eigenvalue weighted by Crippen LogP contribution is 2.71. The second kappa shape index (κ2) is 8.17. The first kappa shape index (κ1) is 23.3. The van der Waals surface area contributed by atoms with Crippen LogP contribution in [0.25, 0.3) is 0 Å². The van der Waals surface area contributed by atoms with Gasteiger partial charge >= 0.3 is 5.97 Å². The fraction of sp³-hybridized carbons (Fsp3) is 0.423. The average Bonchev–Trinajstić information content (AvgIpc) is 3.10. The molecule has 1 amide bonds. The monoisotopic (exact) mass is 468 g/mol. The van der Waals surface area contributed by atoms with Gasteiger partial charge in [-0.2, -0.15) is 0 Å². The zero-order valence-corrected chi connectivity index (χ0v) is 20.4. The summed E-state index contributed by atoms with van der Waals surface area (Å²) in [5.74, 6) is 0.0683. The molecule has 2 saturated carbocycles. The molecule has 7 heteroatoms. The number of methoxy groups -OCH3 is 1. The number of nitrogens with zero attached hydrogens (tertiary/aromatic N) is 1. The fourth-order valence-electron chi connectivity index (χ4n) is 5.37. The van der Waals surface area contributed by atoms with Gasteiger partial charge in [0.2, 0.25) is 5.91 Å². The molecule has 0 saturated heterocycles. The highest BCUT2D eigenvalue weighted by Gasteiger charge is 2.71. The minimum Gasteiger partial charge on any atom is -0.497 e. The van der Waals surface area contributed by atoms with Crippen molar-refractivity contribution in [1.82, 2.24) is 0 Å². The molecule has 2 aliphatic carbocycles. The van der Waals surface area contributed by atoms with Crippen molar-refractivity contribution in [3.63, 3.8) is 0 Å². The SMILES string of the molecule is COc1ccc(C(=O)O/N=C2/CC3(C(=O)Nc4cc(Cl)ccc4C)CCC2(C)C3(C)C)cc1. The van der Waals surface area contributed by atoms with E-state index in [2.05, 4.69) is 31.2 Å². The number of rotatable bonds is 5. The van der Waals surface area contributed by atoms with Crippen LogP contribution in [-0.2, 0) is 9.63 Å². The number of fused-ring (bicyclic) bond motifs is 2. The lowest BCUT2D eigenvalue weighted by molar-refractivity contribution is -0.130. The minimum atomic E-state index is -0.651. The van der Waals surface area contributed by atoms with Gasteiger partial charge in [-0.15, -0.1) is 0 Å². The van der Waals surface area contributed by atoms with Crippen molar-refractivity contribution in [2.24, 2.45) is 21.4 Å². The topological polar surface area (TPSA) is 77.0 Å². The molecule has 2 aliphatic rings. The van der Waals surface area contributed by atoms with Gasteiger partial charge < -0.3 is 14.9 Å². The second-order valence-electron chi connectivity index (χ2n) is 9.77. The molecular formula is C26H29ClN2O4. The van der Waals surface area contributed by atoms with E-state index in [1.165, 1.54) is 0 Å². The first-order valence-corrected chi connectivity index (χ1v) is 11.4. The van der Waals surface area contributed by atoms with Gasteiger partial charge in [0.05, 0.1) is 23.8 Å². The molecule has 2 bridgehead atoms. The predicted molar refractivity (Wildman–Crippen MR) is 129 cm³/mol. The predicted octanol–water partition coefficient (Wildman–Crippen LogP) is 6.02. The van der Waals surface area contributed by atoms with Crippen LogP contribution in [0.3, 0.4) is 0 Å². The maximum atomic E-state index is 13.7. The molecule has 2 aromatic rings. The van der Waals surface area contributed by atoms with Crippen molar-refractivity contribution in [2.75, 3.05) is 12.4 Å². The molecule has 0 aromatic heterocycles. The molecule has 1 N–H and O–H groups in total. The molecule has 2 unspecified atom stereocenters. The lowest BCUT2D eigenvalue weighted by Crippen LogP contribution is -2.43.